The van der Waals surface area contributed by atoms with Crippen molar-refractivity contribution in [3.8, 4) is 28.7 Å². The van der Waals surface area contributed by atoms with Gasteiger partial charge in [0.25, 0.3) is 0 Å². The average molecular weight is 419 g/mol. The zero-order valence-electron chi connectivity index (χ0n) is 15.4. The molecule has 0 fully saturated rings. The molecule has 6 heteroatoms. The lowest BCUT2D eigenvalue weighted by atomic mass is 10.1. The number of hydrogen-bond donors (Lipinski definition) is 1. The van der Waals surface area contributed by atoms with Gasteiger partial charge in [-0.25, -0.2) is 4.98 Å². The van der Waals surface area contributed by atoms with Crippen LogP contribution in [0.3, 0.4) is 0 Å². The molecule has 0 spiro atoms. The van der Waals surface area contributed by atoms with Crippen LogP contribution in [0.2, 0.25) is 5.02 Å². The molecule has 0 aliphatic carbocycles. The number of aryl methyl sites for hydroxylation is 1. The molecule has 0 aliphatic rings. The molecule has 4 aromatic rings. The summed E-state index contributed by atoms with van der Waals surface area (Å²) in [5, 5.41) is 23.1. The minimum atomic E-state index is -0.254. The third kappa shape index (κ3) is 3.81. The van der Waals surface area contributed by atoms with E-state index in [0.717, 1.165) is 16.8 Å². The molecule has 0 saturated carbocycles. The van der Waals surface area contributed by atoms with Crippen LogP contribution >= 0.6 is 22.9 Å². The van der Waals surface area contributed by atoms with Gasteiger partial charge in [-0.1, -0.05) is 53.6 Å². The topological polar surface area (TPSA) is 70.0 Å². The van der Waals surface area contributed by atoms with Gasteiger partial charge in [0.15, 0.2) is 11.5 Å². The highest BCUT2D eigenvalue weighted by Crippen LogP contribution is 2.34. The van der Waals surface area contributed by atoms with Crippen LogP contribution in [0.5, 0.6) is 0 Å². The molecule has 0 bridgehead atoms. The number of allylic oxidation sites excluding steroid dienone is 1. The Morgan fingerprint density at radius 1 is 1.10 bits per heavy atom. The van der Waals surface area contributed by atoms with Gasteiger partial charge in [0.2, 0.25) is 0 Å². The Bertz CT molecular complexity index is 1250. The minimum absolute atomic E-state index is 0.0634. The van der Waals surface area contributed by atoms with E-state index >= 15 is 0 Å². The fraction of sp³-hybridized carbons (Fsp3) is 0.0435. The Hall–Kier alpha value is -3.33. The van der Waals surface area contributed by atoms with Crippen molar-refractivity contribution in [2.45, 2.75) is 6.92 Å². The van der Waals surface area contributed by atoms with Crippen LogP contribution in [0.4, 0.5) is 0 Å². The number of nitrogens with zero attached hydrogens (tertiary/aromatic N) is 2. The molecule has 4 rings (SSSR count). The van der Waals surface area contributed by atoms with E-state index in [1.54, 1.807) is 18.2 Å². The highest BCUT2D eigenvalue weighted by Gasteiger charge is 2.18. The summed E-state index contributed by atoms with van der Waals surface area (Å²) in [5.41, 5.74) is 3.64. The maximum atomic E-state index is 10.7. The second kappa shape index (κ2) is 7.96. The van der Waals surface area contributed by atoms with E-state index in [1.807, 2.05) is 60.8 Å². The van der Waals surface area contributed by atoms with E-state index in [1.165, 1.54) is 11.3 Å². The summed E-state index contributed by atoms with van der Waals surface area (Å²) in [4.78, 5) is 4.52. The second-order valence-electron chi connectivity index (χ2n) is 6.38. The number of nitriles is 1. The van der Waals surface area contributed by atoms with E-state index < -0.39 is 0 Å². The summed E-state index contributed by atoms with van der Waals surface area (Å²) in [6.45, 7) is 2.02. The Morgan fingerprint density at radius 2 is 1.86 bits per heavy atom. The van der Waals surface area contributed by atoms with Crippen LogP contribution in [-0.4, -0.2) is 10.1 Å². The predicted molar refractivity (Wildman–Crippen MR) is 116 cm³/mol. The molecule has 0 atom stereocenters. The van der Waals surface area contributed by atoms with Crippen LogP contribution in [0.1, 0.15) is 16.3 Å². The molecule has 4 nitrogen and oxygen atoms in total. The third-order valence-corrected chi connectivity index (χ3v) is 5.58. The van der Waals surface area contributed by atoms with Crippen molar-refractivity contribution < 1.29 is 9.52 Å². The number of furan rings is 1. The first-order valence-electron chi connectivity index (χ1n) is 8.78. The molecule has 1 N–H and O–H groups in total. The maximum absolute atomic E-state index is 10.7. The lowest BCUT2D eigenvalue weighted by Crippen LogP contribution is -1.89. The molecule has 2 heterocycles. The van der Waals surface area contributed by atoms with Crippen LogP contribution in [-0.2, 0) is 0 Å². The summed E-state index contributed by atoms with van der Waals surface area (Å²) in [7, 11) is 0. The van der Waals surface area contributed by atoms with Gasteiger partial charge in [0, 0.05) is 16.5 Å². The second-order valence-corrected chi connectivity index (χ2v) is 7.65. The molecule has 2 aromatic carbocycles. The summed E-state index contributed by atoms with van der Waals surface area (Å²) in [5.74, 6) is 0.438. The van der Waals surface area contributed by atoms with Gasteiger partial charge >= 0.3 is 0 Å². The first-order valence-corrected chi connectivity index (χ1v) is 10.0. The molecular weight excluding hydrogens is 404 g/mol. The lowest BCUT2D eigenvalue weighted by Gasteiger charge is -2.01. The summed E-state index contributed by atoms with van der Waals surface area (Å²) in [6, 6.07) is 20.6. The van der Waals surface area contributed by atoms with Gasteiger partial charge in [0.05, 0.1) is 10.7 Å². The van der Waals surface area contributed by atoms with E-state index in [-0.39, 0.29) is 17.1 Å². The van der Waals surface area contributed by atoms with E-state index in [2.05, 4.69) is 4.98 Å². The van der Waals surface area contributed by atoms with Gasteiger partial charge < -0.3 is 9.52 Å². The molecule has 0 unspecified atom stereocenters. The van der Waals surface area contributed by atoms with Crippen molar-refractivity contribution in [1.29, 1.82) is 5.26 Å². The normalized spacial score (nSPS) is 11.8. The van der Waals surface area contributed by atoms with Gasteiger partial charge in [0.1, 0.15) is 22.4 Å². The Labute approximate surface area is 177 Å². The van der Waals surface area contributed by atoms with Gasteiger partial charge in [-0.15, -0.1) is 11.3 Å². The molecular formula is C23H15ClN2O2S. The molecule has 0 saturated heterocycles. The van der Waals surface area contributed by atoms with Crippen LogP contribution in [0.15, 0.2) is 70.5 Å². The van der Waals surface area contributed by atoms with Gasteiger partial charge in [-0.2, -0.15) is 5.26 Å². The zero-order valence-corrected chi connectivity index (χ0v) is 17.0. The molecule has 0 amide bonds. The fourth-order valence-electron chi connectivity index (χ4n) is 2.84. The number of thiazole rings is 1. The van der Waals surface area contributed by atoms with Crippen LogP contribution < -0.4 is 0 Å². The van der Waals surface area contributed by atoms with Crippen molar-refractivity contribution in [1.82, 2.24) is 4.98 Å². The number of aliphatic hydroxyl groups excluding tert-OH is 1. The maximum Gasteiger partial charge on any atom is 0.179 e. The van der Waals surface area contributed by atoms with Crippen molar-refractivity contribution in [3.63, 3.8) is 0 Å². The largest absolute Gasteiger partial charge is 0.503 e. The highest BCUT2D eigenvalue weighted by atomic mass is 35.5. The van der Waals surface area contributed by atoms with E-state index in [9.17, 15) is 10.4 Å². The van der Waals surface area contributed by atoms with Crippen molar-refractivity contribution in [2.75, 3.05) is 0 Å². The predicted octanol–water partition coefficient (Wildman–Crippen LogP) is 6.98. The number of aliphatic hydroxyl groups is 1. The Balaban J connectivity index is 1.70. The molecule has 29 heavy (non-hydrogen) atoms. The van der Waals surface area contributed by atoms with Crippen molar-refractivity contribution in [2.24, 2.45) is 0 Å². The molecule has 142 valence electrons. The monoisotopic (exact) mass is 418 g/mol. The fourth-order valence-corrected chi connectivity index (χ4v) is 3.89. The van der Waals surface area contributed by atoms with Crippen molar-refractivity contribution in [3.05, 3.63) is 87.4 Å². The quantitative estimate of drug-likeness (QED) is 0.286. The smallest absolute Gasteiger partial charge is 0.179 e. The summed E-state index contributed by atoms with van der Waals surface area (Å²) < 4.78 is 5.75. The summed E-state index contributed by atoms with van der Waals surface area (Å²) in [6.07, 6.45) is 0. The van der Waals surface area contributed by atoms with E-state index in [4.69, 9.17) is 16.0 Å². The standard InChI is InChI=1S/C23H15ClN2O2S/c1-14-6-8-15(9-7-14)19-13-29-23(26-19)17(12-25)22(27)21-11-10-20(28-21)16-4-2-3-5-18(16)24/h2-11,13,27H,1H3/b22-17-. The number of benzene rings is 2. The first-order chi connectivity index (χ1) is 14.1. The first kappa shape index (κ1) is 19.0. The Kier molecular flexibility index (Phi) is 5.22. The van der Waals surface area contributed by atoms with Crippen LogP contribution in [0, 0.1) is 18.3 Å². The van der Waals surface area contributed by atoms with Crippen LogP contribution in [0.25, 0.3) is 33.9 Å². The van der Waals surface area contributed by atoms with Crippen molar-refractivity contribution >= 4 is 34.3 Å². The minimum Gasteiger partial charge on any atom is -0.503 e. The molecule has 0 radical (unpaired) electrons. The van der Waals surface area contributed by atoms with Gasteiger partial charge in [-0.3, -0.25) is 0 Å². The number of halogens is 1. The Morgan fingerprint density at radius 3 is 2.59 bits per heavy atom. The lowest BCUT2D eigenvalue weighted by molar-refractivity contribution is 0.466. The van der Waals surface area contributed by atoms with E-state index in [0.29, 0.717) is 21.4 Å². The molecule has 2 aromatic heterocycles. The number of rotatable bonds is 4. The number of aromatic nitrogens is 1. The summed E-state index contributed by atoms with van der Waals surface area (Å²) >= 11 is 7.50. The van der Waals surface area contributed by atoms with Gasteiger partial charge in [-0.05, 0) is 31.2 Å². The average Bonchev–Trinajstić information content (AvgIpc) is 3.40. The SMILES string of the molecule is Cc1ccc(-c2csc(/C(C#N)=C(\O)c3ccc(-c4ccccc4Cl)o3)n2)cc1. The third-order valence-electron chi connectivity index (χ3n) is 4.39. The number of hydrogen-bond acceptors (Lipinski definition) is 5. The zero-order chi connectivity index (χ0) is 20.4. The highest BCUT2D eigenvalue weighted by molar-refractivity contribution is 7.11. The molecule has 0 aliphatic heterocycles.